The van der Waals surface area contributed by atoms with Gasteiger partial charge < -0.3 is 24.1 Å². The number of hydrogen-bond donors (Lipinski definition) is 1. The summed E-state index contributed by atoms with van der Waals surface area (Å²) in [4.78, 5) is 50.0. The summed E-state index contributed by atoms with van der Waals surface area (Å²) in [5.74, 6) is -1.98. The number of fused-ring (bicyclic) bond motifs is 5. The molecular weight excluding hydrogens is 487 g/mol. The summed E-state index contributed by atoms with van der Waals surface area (Å²) in [6.45, 7) is 6.17. The number of Topliss-reactive ketones (excluding diaryl/α,β-unsaturated/α-hetero) is 1. The molecule has 0 aliphatic heterocycles. The fourth-order valence-electron chi connectivity index (χ4n) is 7.66. The summed E-state index contributed by atoms with van der Waals surface area (Å²) in [7, 11) is 1.12. The van der Waals surface area contributed by atoms with Gasteiger partial charge in [-0.25, -0.2) is 14.0 Å². The molecule has 1 unspecified atom stereocenters. The number of rotatable bonds is 5. The maximum atomic E-state index is 15.6. The largest absolute Gasteiger partial charge is 0.509 e. The Morgan fingerprint density at radius 1 is 1.22 bits per heavy atom. The van der Waals surface area contributed by atoms with Crippen LogP contribution < -0.4 is 0 Å². The van der Waals surface area contributed by atoms with Gasteiger partial charge >= 0.3 is 12.3 Å². The average molecular weight is 523 g/mol. The Balaban J connectivity index is 1.69. The van der Waals surface area contributed by atoms with Crippen LogP contribution in [0.5, 0.6) is 0 Å². The van der Waals surface area contributed by atoms with Crippen LogP contribution in [0.15, 0.2) is 23.8 Å². The first-order valence-corrected chi connectivity index (χ1v) is 12.7. The summed E-state index contributed by atoms with van der Waals surface area (Å²) in [6, 6.07) is 0. The normalized spacial score (nSPS) is 40.2. The maximum absolute atomic E-state index is 15.6. The first-order chi connectivity index (χ1) is 17.3. The molecule has 0 aromatic heterocycles. The average Bonchev–Trinajstić information content (AvgIpc) is 3.10. The van der Waals surface area contributed by atoms with Gasteiger partial charge in [0.25, 0.3) is 0 Å². The van der Waals surface area contributed by atoms with Gasteiger partial charge in [0.1, 0.15) is 6.17 Å². The van der Waals surface area contributed by atoms with E-state index in [-0.39, 0.29) is 36.9 Å². The molecule has 4 aliphatic rings. The first kappa shape index (κ1) is 27.3. The van der Waals surface area contributed by atoms with Crippen LogP contribution >= 0.6 is 0 Å². The third-order valence-electron chi connectivity index (χ3n) is 9.12. The molecule has 0 spiro atoms. The Kier molecular flexibility index (Phi) is 7.03. The highest BCUT2D eigenvalue weighted by molar-refractivity contribution is 6.01. The van der Waals surface area contributed by atoms with Crippen LogP contribution in [0, 0.1) is 28.6 Å². The van der Waals surface area contributed by atoms with E-state index in [4.69, 9.17) is 18.9 Å². The second-order valence-electron chi connectivity index (χ2n) is 11.4. The molecule has 0 bridgehead atoms. The Hall–Kier alpha value is -2.75. The number of allylic oxidation sites excluding steroid dienone is 4. The lowest BCUT2D eigenvalue weighted by Crippen LogP contribution is -2.64. The van der Waals surface area contributed by atoms with Crippen LogP contribution in [0.1, 0.15) is 53.4 Å². The van der Waals surface area contributed by atoms with Gasteiger partial charge in [-0.05, 0) is 69.1 Å². The molecule has 37 heavy (non-hydrogen) atoms. The van der Waals surface area contributed by atoms with Crippen molar-refractivity contribution in [3.63, 3.8) is 0 Å². The summed E-state index contributed by atoms with van der Waals surface area (Å²) in [5.41, 5.74) is -3.34. The van der Waals surface area contributed by atoms with E-state index < -0.39 is 65.4 Å². The zero-order valence-electron chi connectivity index (χ0n) is 21.8. The molecule has 0 saturated heterocycles. The number of ketones is 2. The number of hydrogen-bond acceptors (Lipinski definition) is 9. The fourth-order valence-corrected chi connectivity index (χ4v) is 7.66. The van der Waals surface area contributed by atoms with Crippen LogP contribution in [0.4, 0.5) is 14.0 Å². The van der Waals surface area contributed by atoms with Crippen LogP contribution in [0.3, 0.4) is 0 Å². The summed E-state index contributed by atoms with van der Waals surface area (Å²) in [6.07, 6.45) is 0.182. The lowest BCUT2D eigenvalue weighted by molar-refractivity contribution is -0.185. The zero-order valence-corrected chi connectivity index (χ0v) is 21.8. The Bertz CT molecular complexity index is 1050. The molecule has 3 saturated carbocycles. The van der Waals surface area contributed by atoms with E-state index in [0.29, 0.717) is 12.0 Å². The van der Waals surface area contributed by atoms with Crippen LogP contribution in [0.2, 0.25) is 0 Å². The highest BCUT2D eigenvalue weighted by Crippen LogP contribution is 2.68. The molecule has 0 aromatic rings. The van der Waals surface area contributed by atoms with Crippen molar-refractivity contribution in [3.8, 4) is 0 Å². The van der Waals surface area contributed by atoms with Gasteiger partial charge in [-0.2, -0.15) is 0 Å². The highest BCUT2D eigenvalue weighted by Gasteiger charge is 2.71. The van der Waals surface area contributed by atoms with Crippen molar-refractivity contribution in [1.82, 2.24) is 0 Å². The van der Waals surface area contributed by atoms with E-state index in [2.05, 4.69) is 0 Å². The molecule has 4 aliphatic carbocycles. The second kappa shape index (κ2) is 9.53. The molecule has 0 heterocycles. The SMILES string of the molecule is COC(=O)O[C@]1(C(=O)COC(=O)OC(C)C)CC[C@H]2[C@@H]3C[C@H](F)C4=CC(=O)C=C[C@]4(C)[C@H]3C(O)C[C@@]21C. The van der Waals surface area contributed by atoms with E-state index >= 15 is 4.39 Å². The minimum absolute atomic E-state index is 0.0736. The number of aliphatic hydroxyl groups excluding tert-OH is 1. The van der Waals surface area contributed by atoms with E-state index in [1.165, 1.54) is 12.2 Å². The van der Waals surface area contributed by atoms with Gasteiger partial charge in [0.15, 0.2) is 18.0 Å². The topological polar surface area (TPSA) is 125 Å². The lowest BCUT2D eigenvalue weighted by Gasteiger charge is -2.60. The number of alkyl halides is 1. The van der Waals surface area contributed by atoms with Gasteiger partial charge in [-0.3, -0.25) is 9.59 Å². The van der Waals surface area contributed by atoms with Gasteiger partial charge in [0, 0.05) is 16.7 Å². The number of aliphatic hydroxyl groups is 1. The molecule has 204 valence electrons. The van der Waals surface area contributed by atoms with Crippen molar-refractivity contribution >= 4 is 23.9 Å². The molecule has 0 amide bonds. The van der Waals surface area contributed by atoms with Crippen molar-refractivity contribution in [3.05, 3.63) is 23.8 Å². The van der Waals surface area contributed by atoms with E-state index in [1.54, 1.807) is 26.8 Å². The number of methoxy groups -OCH3 is 1. The lowest BCUT2D eigenvalue weighted by atomic mass is 9.46. The minimum atomic E-state index is -1.75. The van der Waals surface area contributed by atoms with Crippen molar-refractivity contribution in [2.75, 3.05) is 13.7 Å². The first-order valence-electron chi connectivity index (χ1n) is 12.7. The third kappa shape index (κ3) is 4.27. The summed E-state index contributed by atoms with van der Waals surface area (Å²) in [5, 5.41) is 11.5. The molecule has 8 atom stereocenters. The molecule has 0 radical (unpaired) electrons. The molecule has 4 rings (SSSR count). The predicted molar refractivity (Wildman–Crippen MR) is 127 cm³/mol. The van der Waals surface area contributed by atoms with E-state index in [9.17, 15) is 24.3 Å². The number of ether oxygens (including phenoxy) is 4. The molecule has 10 heteroatoms. The summed E-state index contributed by atoms with van der Waals surface area (Å²) < 4.78 is 35.9. The molecule has 1 N–H and O–H groups in total. The fraction of sp³-hybridized carbons (Fsp3) is 0.704. The molecular formula is C27H35FO9. The molecule has 3 fully saturated rings. The zero-order chi connectivity index (χ0) is 27.3. The van der Waals surface area contributed by atoms with Crippen molar-refractivity contribution < 1.29 is 47.6 Å². The highest BCUT2D eigenvalue weighted by atomic mass is 19.1. The Morgan fingerprint density at radius 3 is 2.57 bits per heavy atom. The monoisotopic (exact) mass is 522 g/mol. The quantitative estimate of drug-likeness (QED) is 0.536. The third-order valence-corrected chi connectivity index (χ3v) is 9.12. The number of carbonyl (C=O) groups is 4. The standard InChI is InChI=1S/C27H35FO9/c1-14(2)36-24(33)35-13-21(31)27(37-23(32)34-5)9-7-17-16-11-19(28)18-10-15(29)6-8-25(18,3)22(16)20(30)12-26(17,27)4/h6,8,10,14,16-17,19-20,22,30H,7,9,11-13H2,1-5H3/t16-,17-,19-,20?,22+,25-,26-,27-/m0/s1. The van der Waals surface area contributed by atoms with Crippen LogP contribution in [-0.4, -0.2) is 66.7 Å². The summed E-state index contributed by atoms with van der Waals surface area (Å²) >= 11 is 0. The molecule has 0 aromatic carbocycles. The van der Waals surface area contributed by atoms with Gasteiger partial charge in [-0.1, -0.05) is 19.9 Å². The minimum Gasteiger partial charge on any atom is -0.438 e. The maximum Gasteiger partial charge on any atom is 0.509 e. The molecule has 9 nitrogen and oxygen atoms in total. The second-order valence-corrected chi connectivity index (χ2v) is 11.4. The van der Waals surface area contributed by atoms with E-state index in [1.807, 2.05) is 6.92 Å². The van der Waals surface area contributed by atoms with E-state index in [0.717, 1.165) is 7.11 Å². The van der Waals surface area contributed by atoms with Crippen molar-refractivity contribution in [2.24, 2.45) is 28.6 Å². The van der Waals surface area contributed by atoms with Crippen LogP contribution in [0.25, 0.3) is 0 Å². The number of halogens is 1. The Labute approximate surface area is 215 Å². The number of carbonyl (C=O) groups excluding carboxylic acids is 4. The smallest absolute Gasteiger partial charge is 0.438 e. The van der Waals surface area contributed by atoms with Gasteiger partial charge in [0.05, 0.1) is 19.3 Å². The van der Waals surface area contributed by atoms with Gasteiger partial charge in [-0.15, -0.1) is 0 Å². The van der Waals surface area contributed by atoms with Crippen LogP contribution in [-0.2, 0) is 28.5 Å². The van der Waals surface area contributed by atoms with Crippen molar-refractivity contribution in [2.45, 2.75) is 77.4 Å². The van der Waals surface area contributed by atoms with Gasteiger partial charge in [0.2, 0.25) is 5.78 Å². The Morgan fingerprint density at radius 2 is 1.92 bits per heavy atom. The predicted octanol–water partition coefficient (Wildman–Crippen LogP) is 3.87. The van der Waals surface area contributed by atoms with Crippen molar-refractivity contribution in [1.29, 1.82) is 0 Å².